The Balaban J connectivity index is 2.69. The van der Waals surface area contributed by atoms with Crippen molar-refractivity contribution in [1.82, 2.24) is 9.97 Å². The fourth-order valence-electron chi connectivity index (χ4n) is 1.08. The van der Waals surface area contributed by atoms with E-state index in [1.54, 1.807) is 29.6 Å². The molecule has 0 saturated heterocycles. The Morgan fingerprint density at radius 1 is 1.50 bits per heavy atom. The van der Waals surface area contributed by atoms with E-state index in [2.05, 4.69) is 30.7 Å². The average molecular weight is 258 g/mol. The highest BCUT2D eigenvalue weighted by molar-refractivity contribution is 7.99. The van der Waals surface area contributed by atoms with Crippen molar-refractivity contribution in [3.63, 3.8) is 0 Å². The second-order valence-corrected chi connectivity index (χ2v) is 6.40. The van der Waals surface area contributed by atoms with E-state index >= 15 is 0 Å². The zero-order valence-electron chi connectivity index (χ0n) is 9.95. The maximum Gasteiger partial charge on any atom is 0.251 e. The number of aromatic amines is 1. The van der Waals surface area contributed by atoms with Crippen LogP contribution in [0.3, 0.4) is 0 Å². The van der Waals surface area contributed by atoms with E-state index in [1.807, 2.05) is 0 Å². The highest BCUT2D eigenvalue weighted by Crippen LogP contribution is 2.17. The van der Waals surface area contributed by atoms with Crippen LogP contribution < -0.4 is 5.56 Å². The molecule has 0 aromatic carbocycles. The quantitative estimate of drug-likeness (QED) is 0.629. The number of rotatable bonds is 6. The second kappa shape index (κ2) is 7.01. The number of aromatic nitrogens is 2. The van der Waals surface area contributed by atoms with Crippen LogP contribution in [0, 0.1) is 0 Å². The van der Waals surface area contributed by atoms with Gasteiger partial charge in [0.1, 0.15) is 0 Å². The summed E-state index contributed by atoms with van der Waals surface area (Å²) in [7, 11) is 0. The second-order valence-electron chi connectivity index (χ2n) is 3.75. The first kappa shape index (κ1) is 13.6. The first-order chi connectivity index (χ1) is 7.61. The highest BCUT2D eigenvalue weighted by atomic mass is 32.2. The van der Waals surface area contributed by atoms with Gasteiger partial charge in [-0.3, -0.25) is 4.79 Å². The highest BCUT2D eigenvalue weighted by Gasteiger charge is 2.03. The molecule has 0 aliphatic heterocycles. The van der Waals surface area contributed by atoms with Gasteiger partial charge in [-0.2, -0.15) is 11.8 Å². The third-order valence-corrected chi connectivity index (χ3v) is 3.99. The van der Waals surface area contributed by atoms with Gasteiger partial charge < -0.3 is 4.98 Å². The van der Waals surface area contributed by atoms with E-state index in [9.17, 15) is 4.79 Å². The molecular formula is C11H18N2OS2. The molecule has 0 amide bonds. The van der Waals surface area contributed by atoms with Gasteiger partial charge in [-0.25, -0.2) is 4.98 Å². The summed E-state index contributed by atoms with van der Waals surface area (Å²) in [6.07, 6.45) is 1.08. The van der Waals surface area contributed by atoms with Gasteiger partial charge in [0, 0.05) is 17.6 Å². The smallest absolute Gasteiger partial charge is 0.251 e. The van der Waals surface area contributed by atoms with Crippen LogP contribution in [0.2, 0.25) is 0 Å². The largest absolute Gasteiger partial charge is 0.301 e. The first-order valence-corrected chi connectivity index (χ1v) is 7.50. The van der Waals surface area contributed by atoms with Crippen LogP contribution in [0.4, 0.5) is 0 Å². The number of hydrogen-bond donors (Lipinski definition) is 1. The summed E-state index contributed by atoms with van der Waals surface area (Å²) in [5.74, 6) is 1.80. The van der Waals surface area contributed by atoms with Crippen molar-refractivity contribution in [2.45, 2.75) is 43.4 Å². The molecule has 90 valence electrons. The van der Waals surface area contributed by atoms with Crippen LogP contribution in [0.25, 0.3) is 0 Å². The van der Waals surface area contributed by atoms with Crippen molar-refractivity contribution >= 4 is 23.5 Å². The van der Waals surface area contributed by atoms with Crippen molar-refractivity contribution < 1.29 is 0 Å². The van der Waals surface area contributed by atoms with Gasteiger partial charge in [-0.1, -0.05) is 32.5 Å². The van der Waals surface area contributed by atoms with Crippen molar-refractivity contribution in [3.8, 4) is 0 Å². The number of thioether (sulfide) groups is 2. The molecule has 0 bridgehead atoms. The molecule has 1 N–H and O–H groups in total. The molecule has 1 rings (SSSR count). The van der Waals surface area contributed by atoms with E-state index in [0.717, 1.165) is 28.8 Å². The van der Waals surface area contributed by atoms with Gasteiger partial charge in [0.05, 0.1) is 5.69 Å². The van der Waals surface area contributed by atoms with Gasteiger partial charge in [0.2, 0.25) is 0 Å². The minimum Gasteiger partial charge on any atom is -0.301 e. The summed E-state index contributed by atoms with van der Waals surface area (Å²) >= 11 is 3.41. The third-order valence-electron chi connectivity index (χ3n) is 1.78. The van der Waals surface area contributed by atoms with Gasteiger partial charge in [0.25, 0.3) is 5.56 Å². The topological polar surface area (TPSA) is 45.8 Å². The Hall–Kier alpha value is -0.420. The normalized spacial score (nSPS) is 11.0. The van der Waals surface area contributed by atoms with Crippen molar-refractivity contribution in [1.29, 1.82) is 0 Å². The summed E-state index contributed by atoms with van der Waals surface area (Å²) in [5.41, 5.74) is 0.828. The lowest BCUT2D eigenvalue weighted by molar-refractivity contribution is 0.896. The molecule has 1 heterocycles. The fraction of sp³-hybridized carbons (Fsp3) is 0.636. The molecule has 16 heavy (non-hydrogen) atoms. The average Bonchev–Trinajstić information content (AvgIpc) is 2.23. The van der Waals surface area contributed by atoms with Gasteiger partial charge >= 0.3 is 0 Å². The Labute approximate surface area is 105 Å². The maximum absolute atomic E-state index is 11.4. The molecular weight excluding hydrogens is 240 g/mol. The number of nitrogens with zero attached hydrogens (tertiary/aromatic N) is 1. The zero-order valence-corrected chi connectivity index (χ0v) is 11.6. The van der Waals surface area contributed by atoms with Crippen molar-refractivity contribution in [3.05, 3.63) is 22.1 Å². The number of H-pyrrole nitrogens is 1. The molecule has 0 spiro atoms. The third kappa shape index (κ3) is 5.07. The molecule has 0 aliphatic carbocycles. The van der Waals surface area contributed by atoms with Crippen LogP contribution in [-0.4, -0.2) is 21.0 Å². The van der Waals surface area contributed by atoms with Crippen molar-refractivity contribution in [2.75, 3.05) is 5.75 Å². The lowest BCUT2D eigenvalue weighted by atomic mass is 10.4. The maximum atomic E-state index is 11.4. The van der Waals surface area contributed by atoms with Gasteiger partial charge in [-0.05, 0) is 11.7 Å². The Bertz CT molecular complexity index is 376. The molecule has 3 nitrogen and oxygen atoms in total. The Morgan fingerprint density at radius 3 is 2.88 bits per heavy atom. The SMILES string of the molecule is CCCSc1nc(CSC(C)C)cc(=O)[nH]1. The van der Waals surface area contributed by atoms with E-state index < -0.39 is 0 Å². The zero-order chi connectivity index (χ0) is 12.0. The lowest BCUT2D eigenvalue weighted by Gasteiger charge is -2.05. The molecule has 0 fully saturated rings. The Kier molecular flexibility index (Phi) is 5.98. The van der Waals surface area contributed by atoms with Gasteiger partial charge in [0.15, 0.2) is 5.16 Å². The van der Waals surface area contributed by atoms with E-state index in [1.165, 1.54) is 0 Å². The molecule has 0 saturated carbocycles. The monoisotopic (exact) mass is 258 g/mol. The minimum absolute atomic E-state index is 0.0482. The molecule has 0 radical (unpaired) electrons. The van der Waals surface area contributed by atoms with Crippen molar-refractivity contribution in [2.24, 2.45) is 0 Å². The van der Waals surface area contributed by atoms with Crippen LogP contribution in [0.1, 0.15) is 32.9 Å². The van der Waals surface area contributed by atoms with Crippen LogP contribution in [-0.2, 0) is 5.75 Å². The molecule has 1 aromatic heterocycles. The predicted molar refractivity (Wildman–Crippen MR) is 72.3 cm³/mol. The van der Waals surface area contributed by atoms with Crippen LogP contribution in [0.15, 0.2) is 16.0 Å². The summed E-state index contributed by atoms with van der Waals surface area (Å²) in [6, 6.07) is 1.59. The van der Waals surface area contributed by atoms with Crippen LogP contribution >= 0.6 is 23.5 Å². The summed E-state index contributed by atoms with van der Waals surface area (Å²) in [4.78, 5) is 18.6. The molecule has 0 atom stereocenters. The first-order valence-electron chi connectivity index (χ1n) is 5.46. The summed E-state index contributed by atoms with van der Waals surface area (Å²) < 4.78 is 0. The molecule has 0 unspecified atom stereocenters. The lowest BCUT2D eigenvalue weighted by Crippen LogP contribution is -2.10. The standard InChI is InChI=1S/C11H18N2OS2/c1-4-5-15-11-12-9(6-10(14)13-11)7-16-8(2)3/h6,8H,4-5,7H2,1-3H3,(H,12,13,14). The summed E-state index contributed by atoms with van der Waals surface area (Å²) in [5, 5.41) is 1.31. The van der Waals surface area contributed by atoms with E-state index in [0.29, 0.717) is 5.25 Å². The molecule has 1 aromatic rings. The summed E-state index contributed by atoms with van der Waals surface area (Å²) in [6.45, 7) is 6.40. The fourth-order valence-corrected chi connectivity index (χ4v) is 2.48. The molecule has 0 aliphatic rings. The molecule has 5 heteroatoms. The van der Waals surface area contributed by atoms with E-state index in [4.69, 9.17) is 0 Å². The number of nitrogens with one attached hydrogen (secondary N) is 1. The van der Waals surface area contributed by atoms with Gasteiger partial charge in [-0.15, -0.1) is 0 Å². The minimum atomic E-state index is -0.0482. The van der Waals surface area contributed by atoms with E-state index in [-0.39, 0.29) is 5.56 Å². The predicted octanol–water partition coefficient (Wildman–Crippen LogP) is 2.91. The Morgan fingerprint density at radius 2 is 2.25 bits per heavy atom. The number of hydrogen-bond acceptors (Lipinski definition) is 4. The van der Waals surface area contributed by atoms with Crippen LogP contribution in [0.5, 0.6) is 0 Å².